The number of carbonyl (C=O) groups excluding carboxylic acids is 1. The molecule has 0 bridgehead atoms. The minimum absolute atomic E-state index is 0.239. The lowest BCUT2D eigenvalue weighted by molar-refractivity contribution is -0.131. The molecule has 1 saturated carbocycles. The average molecular weight is 253 g/mol. The van der Waals surface area contributed by atoms with Crippen molar-refractivity contribution in [3.8, 4) is 0 Å². The molecule has 1 heterocycles. The summed E-state index contributed by atoms with van der Waals surface area (Å²) in [7, 11) is 1.83. The molecular weight excluding hydrogens is 226 g/mol. The van der Waals surface area contributed by atoms with Crippen molar-refractivity contribution in [2.45, 2.75) is 45.1 Å². The van der Waals surface area contributed by atoms with Gasteiger partial charge in [0.05, 0.1) is 6.54 Å². The number of amides is 1. The first kappa shape index (κ1) is 13.8. The molecule has 0 aromatic heterocycles. The van der Waals surface area contributed by atoms with Gasteiger partial charge in [0.2, 0.25) is 5.91 Å². The van der Waals surface area contributed by atoms with E-state index in [2.05, 4.69) is 17.6 Å². The molecule has 0 aromatic rings. The van der Waals surface area contributed by atoms with E-state index in [9.17, 15) is 4.79 Å². The van der Waals surface area contributed by atoms with Gasteiger partial charge in [0, 0.05) is 25.7 Å². The molecule has 0 radical (unpaired) electrons. The number of piperidine rings is 1. The molecule has 0 aromatic carbocycles. The van der Waals surface area contributed by atoms with Crippen molar-refractivity contribution in [2.75, 3.05) is 33.2 Å². The van der Waals surface area contributed by atoms with E-state index in [-0.39, 0.29) is 5.91 Å². The molecule has 1 aliphatic heterocycles. The summed E-state index contributed by atoms with van der Waals surface area (Å²) >= 11 is 0. The van der Waals surface area contributed by atoms with Crippen LogP contribution < -0.4 is 10.6 Å². The van der Waals surface area contributed by atoms with Crippen molar-refractivity contribution < 1.29 is 4.79 Å². The third-order valence-corrected chi connectivity index (χ3v) is 4.65. The number of likely N-dealkylation sites (N-methyl/N-ethyl adjacent to an activating group) is 1. The Hall–Kier alpha value is -0.610. The van der Waals surface area contributed by atoms with Crippen molar-refractivity contribution >= 4 is 5.91 Å². The molecule has 2 rings (SSSR count). The van der Waals surface area contributed by atoms with Crippen molar-refractivity contribution in [1.29, 1.82) is 0 Å². The zero-order valence-corrected chi connectivity index (χ0v) is 11.8. The maximum absolute atomic E-state index is 11.7. The Labute approximate surface area is 110 Å². The highest BCUT2D eigenvalue weighted by Gasteiger charge is 2.40. The SMILES string of the molecule is CCC1(CNC2CCN(C(=O)CNC)CC2)CC1. The summed E-state index contributed by atoms with van der Waals surface area (Å²) in [5, 5.41) is 6.64. The molecule has 1 saturated heterocycles. The average Bonchev–Trinajstić information content (AvgIpc) is 3.18. The number of nitrogens with one attached hydrogen (secondary N) is 2. The van der Waals surface area contributed by atoms with Crippen molar-refractivity contribution in [2.24, 2.45) is 5.41 Å². The van der Waals surface area contributed by atoms with Crippen LogP contribution in [0.3, 0.4) is 0 Å². The highest BCUT2D eigenvalue weighted by Crippen LogP contribution is 2.48. The Kier molecular flexibility index (Phi) is 4.62. The minimum atomic E-state index is 0.239. The molecular formula is C14H27N3O. The Morgan fingerprint density at radius 2 is 2.00 bits per heavy atom. The first-order valence-electron chi connectivity index (χ1n) is 7.35. The van der Waals surface area contributed by atoms with Gasteiger partial charge >= 0.3 is 0 Å². The Balaban J connectivity index is 1.65. The predicted octanol–water partition coefficient (Wildman–Crippen LogP) is 0.977. The number of nitrogens with zero attached hydrogens (tertiary/aromatic N) is 1. The van der Waals surface area contributed by atoms with Gasteiger partial charge in [-0.15, -0.1) is 0 Å². The van der Waals surface area contributed by atoms with E-state index in [4.69, 9.17) is 0 Å². The van der Waals surface area contributed by atoms with Gasteiger partial charge < -0.3 is 15.5 Å². The lowest BCUT2D eigenvalue weighted by Crippen LogP contribution is -2.47. The monoisotopic (exact) mass is 253 g/mol. The second-order valence-electron chi connectivity index (χ2n) is 5.92. The first-order chi connectivity index (χ1) is 8.69. The van der Waals surface area contributed by atoms with Crippen LogP contribution in [-0.4, -0.2) is 50.1 Å². The molecule has 1 amide bonds. The minimum Gasteiger partial charge on any atom is -0.341 e. The molecule has 4 nitrogen and oxygen atoms in total. The molecule has 104 valence electrons. The van der Waals surface area contributed by atoms with Gasteiger partial charge in [-0.2, -0.15) is 0 Å². The lowest BCUT2D eigenvalue weighted by atomic mass is 10.0. The van der Waals surface area contributed by atoms with E-state index in [0.717, 1.165) is 25.9 Å². The summed E-state index contributed by atoms with van der Waals surface area (Å²) < 4.78 is 0. The molecule has 2 N–H and O–H groups in total. The standard InChI is InChI=1S/C14H27N3O/c1-3-14(6-7-14)11-16-12-4-8-17(9-5-12)13(18)10-15-2/h12,15-16H,3-11H2,1-2H3. The summed E-state index contributed by atoms with van der Waals surface area (Å²) in [5.74, 6) is 0.239. The topological polar surface area (TPSA) is 44.4 Å². The zero-order chi connectivity index (χ0) is 13.0. The number of hydrogen-bond donors (Lipinski definition) is 2. The van der Waals surface area contributed by atoms with Crippen molar-refractivity contribution in [3.05, 3.63) is 0 Å². The van der Waals surface area contributed by atoms with Gasteiger partial charge in [-0.05, 0) is 44.6 Å². The van der Waals surface area contributed by atoms with E-state index >= 15 is 0 Å². The third-order valence-electron chi connectivity index (χ3n) is 4.65. The third kappa shape index (κ3) is 3.45. The normalized spacial score (nSPS) is 23.1. The van der Waals surface area contributed by atoms with Crippen LogP contribution in [0, 0.1) is 5.41 Å². The van der Waals surface area contributed by atoms with E-state index in [0.29, 0.717) is 18.0 Å². The van der Waals surface area contributed by atoms with Gasteiger partial charge in [-0.3, -0.25) is 4.79 Å². The van der Waals surface area contributed by atoms with E-state index < -0.39 is 0 Å². The van der Waals surface area contributed by atoms with Gasteiger partial charge in [-0.25, -0.2) is 0 Å². The smallest absolute Gasteiger partial charge is 0.236 e. The number of likely N-dealkylation sites (tertiary alicyclic amines) is 1. The molecule has 0 unspecified atom stereocenters. The fraction of sp³-hybridized carbons (Fsp3) is 0.929. The summed E-state index contributed by atoms with van der Waals surface area (Å²) in [6.45, 7) is 5.78. The fourth-order valence-corrected chi connectivity index (χ4v) is 2.79. The molecule has 2 fully saturated rings. The highest BCUT2D eigenvalue weighted by atomic mass is 16.2. The lowest BCUT2D eigenvalue weighted by Gasteiger charge is -2.33. The van der Waals surface area contributed by atoms with Crippen molar-refractivity contribution in [3.63, 3.8) is 0 Å². The maximum Gasteiger partial charge on any atom is 0.236 e. The van der Waals surface area contributed by atoms with Crippen LogP contribution in [0.25, 0.3) is 0 Å². The number of carbonyl (C=O) groups is 1. The van der Waals surface area contributed by atoms with Crippen molar-refractivity contribution in [1.82, 2.24) is 15.5 Å². The van der Waals surface area contributed by atoms with Crippen LogP contribution in [0.1, 0.15) is 39.0 Å². The molecule has 0 spiro atoms. The van der Waals surface area contributed by atoms with Crippen LogP contribution in [-0.2, 0) is 4.79 Å². The highest BCUT2D eigenvalue weighted by molar-refractivity contribution is 5.78. The number of hydrogen-bond acceptors (Lipinski definition) is 3. The number of rotatable bonds is 6. The van der Waals surface area contributed by atoms with E-state index in [1.807, 2.05) is 11.9 Å². The van der Waals surface area contributed by atoms with Crippen LogP contribution in [0.2, 0.25) is 0 Å². The Morgan fingerprint density at radius 3 is 2.50 bits per heavy atom. The summed E-state index contributed by atoms with van der Waals surface area (Å²) in [6, 6.07) is 0.618. The Bertz CT molecular complexity index is 281. The van der Waals surface area contributed by atoms with Gasteiger partial charge in [0.15, 0.2) is 0 Å². The quantitative estimate of drug-likeness (QED) is 0.741. The molecule has 4 heteroatoms. The van der Waals surface area contributed by atoms with Gasteiger partial charge in [0.25, 0.3) is 0 Å². The first-order valence-corrected chi connectivity index (χ1v) is 7.35. The van der Waals surface area contributed by atoms with E-state index in [1.54, 1.807) is 0 Å². The largest absolute Gasteiger partial charge is 0.341 e. The molecule has 2 aliphatic rings. The van der Waals surface area contributed by atoms with Crippen LogP contribution in [0.4, 0.5) is 0 Å². The Morgan fingerprint density at radius 1 is 1.33 bits per heavy atom. The van der Waals surface area contributed by atoms with Crippen LogP contribution in [0.5, 0.6) is 0 Å². The summed E-state index contributed by atoms with van der Waals surface area (Å²) in [5.41, 5.74) is 0.624. The molecule has 1 aliphatic carbocycles. The zero-order valence-electron chi connectivity index (χ0n) is 11.8. The predicted molar refractivity (Wildman–Crippen MR) is 73.5 cm³/mol. The fourth-order valence-electron chi connectivity index (χ4n) is 2.79. The van der Waals surface area contributed by atoms with Gasteiger partial charge in [0.1, 0.15) is 0 Å². The van der Waals surface area contributed by atoms with E-state index in [1.165, 1.54) is 25.8 Å². The second kappa shape index (κ2) is 6.02. The summed E-state index contributed by atoms with van der Waals surface area (Å²) in [4.78, 5) is 13.7. The molecule has 18 heavy (non-hydrogen) atoms. The molecule has 0 atom stereocenters. The maximum atomic E-state index is 11.7. The second-order valence-corrected chi connectivity index (χ2v) is 5.92. The van der Waals surface area contributed by atoms with Crippen LogP contribution >= 0.6 is 0 Å². The van der Waals surface area contributed by atoms with Crippen LogP contribution in [0.15, 0.2) is 0 Å². The summed E-state index contributed by atoms with van der Waals surface area (Å²) in [6.07, 6.45) is 6.32. The van der Waals surface area contributed by atoms with Gasteiger partial charge in [-0.1, -0.05) is 6.92 Å².